The average Bonchev–Trinajstić information content (AvgIpc) is 3.18. The van der Waals surface area contributed by atoms with Crippen LogP contribution in [0.1, 0.15) is 26.2 Å². The van der Waals surface area contributed by atoms with Crippen LogP contribution in [0, 0.1) is 0 Å². The van der Waals surface area contributed by atoms with Crippen molar-refractivity contribution in [2.24, 2.45) is 4.99 Å². The van der Waals surface area contributed by atoms with Crippen LogP contribution in [0.15, 0.2) is 35.3 Å². The van der Waals surface area contributed by atoms with Crippen LogP contribution in [-0.4, -0.2) is 73.6 Å². The zero-order chi connectivity index (χ0) is 19.8. The zero-order valence-corrected chi connectivity index (χ0v) is 17.9. The lowest BCUT2D eigenvalue weighted by Gasteiger charge is -2.36. The SMILES string of the molecule is CN=C(NCCC(=O)N1CCN(c2ccccc2)CC1)NCC1(C)CCCS1. The van der Waals surface area contributed by atoms with Crippen molar-refractivity contribution in [3.63, 3.8) is 0 Å². The van der Waals surface area contributed by atoms with Gasteiger partial charge in [0, 0.05) is 63.2 Å². The fourth-order valence-electron chi connectivity index (χ4n) is 3.77. The van der Waals surface area contributed by atoms with Crippen LogP contribution in [-0.2, 0) is 4.79 Å². The van der Waals surface area contributed by atoms with Gasteiger partial charge in [0.25, 0.3) is 0 Å². The van der Waals surface area contributed by atoms with Crippen molar-refractivity contribution in [1.29, 1.82) is 0 Å². The molecule has 0 aromatic heterocycles. The second kappa shape index (κ2) is 10.0. The smallest absolute Gasteiger partial charge is 0.224 e. The molecule has 6 nitrogen and oxygen atoms in total. The van der Waals surface area contributed by atoms with Gasteiger partial charge in [0.05, 0.1) is 0 Å². The van der Waals surface area contributed by atoms with Gasteiger partial charge in [-0.15, -0.1) is 0 Å². The van der Waals surface area contributed by atoms with Gasteiger partial charge in [-0.05, 0) is 37.7 Å². The Hall–Kier alpha value is -1.89. The zero-order valence-electron chi connectivity index (χ0n) is 17.1. The van der Waals surface area contributed by atoms with Crippen LogP contribution in [0.3, 0.4) is 0 Å². The summed E-state index contributed by atoms with van der Waals surface area (Å²) in [7, 11) is 1.78. The second-order valence-corrected chi connectivity index (χ2v) is 9.39. The van der Waals surface area contributed by atoms with Crippen molar-refractivity contribution in [3.05, 3.63) is 30.3 Å². The number of para-hydroxylation sites is 1. The average molecular weight is 404 g/mol. The monoisotopic (exact) mass is 403 g/mol. The summed E-state index contributed by atoms with van der Waals surface area (Å²) >= 11 is 2.03. The lowest BCUT2D eigenvalue weighted by molar-refractivity contribution is -0.131. The molecule has 2 aliphatic heterocycles. The van der Waals surface area contributed by atoms with Gasteiger partial charge in [-0.25, -0.2) is 0 Å². The number of carbonyl (C=O) groups excluding carboxylic acids is 1. The van der Waals surface area contributed by atoms with Crippen LogP contribution in [0.25, 0.3) is 0 Å². The van der Waals surface area contributed by atoms with E-state index >= 15 is 0 Å². The van der Waals surface area contributed by atoms with Crippen molar-refractivity contribution < 1.29 is 4.79 Å². The van der Waals surface area contributed by atoms with Crippen LogP contribution in [0.5, 0.6) is 0 Å². The second-order valence-electron chi connectivity index (χ2n) is 7.71. The molecule has 2 saturated heterocycles. The normalized spacial score (nSPS) is 23.0. The first-order chi connectivity index (χ1) is 13.6. The number of hydrogen-bond acceptors (Lipinski definition) is 4. The Morgan fingerprint density at radius 1 is 1.18 bits per heavy atom. The maximum Gasteiger partial charge on any atom is 0.224 e. The number of piperazine rings is 1. The third-order valence-electron chi connectivity index (χ3n) is 5.54. The number of rotatable bonds is 6. The lowest BCUT2D eigenvalue weighted by Crippen LogP contribution is -2.49. The van der Waals surface area contributed by atoms with Crippen LogP contribution in [0.4, 0.5) is 5.69 Å². The van der Waals surface area contributed by atoms with Gasteiger partial charge in [-0.2, -0.15) is 11.8 Å². The van der Waals surface area contributed by atoms with Gasteiger partial charge in [0.2, 0.25) is 5.91 Å². The van der Waals surface area contributed by atoms with E-state index < -0.39 is 0 Å². The van der Waals surface area contributed by atoms with Crippen LogP contribution < -0.4 is 15.5 Å². The Kier molecular flexibility index (Phi) is 7.48. The minimum absolute atomic E-state index is 0.217. The molecule has 1 aromatic carbocycles. The highest BCUT2D eigenvalue weighted by molar-refractivity contribution is 8.00. The molecule has 1 aromatic rings. The number of carbonyl (C=O) groups is 1. The number of thioether (sulfide) groups is 1. The minimum atomic E-state index is 0.217. The number of hydrogen-bond donors (Lipinski definition) is 2. The molecule has 154 valence electrons. The van der Waals surface area contributed by atoms with E-state index in [-0.39, 0.29) is 5.91 Å². The molecule has 1 unspecified atom stereocenters. The number of anilines is 1. The molecule has 28 heavy (non-hydrogen) atoms. The van der Waals surface area contributed by atoms with Crippen molar-refractivity contribution >= 4 is 29.3 Å². The van der Waals surface area contributed by atoms with Gasteiger partial charge < -0.3 is 20.4 Å². The molecule has 0 bridgehead atoms. The number of aliphatic imine (C=N–C) groups is 1. The van der Waals surface area contributed by atoms with E-state index in [1.165, 1.54) is 24.3 Å². The fourth-order valence-corrected chi connectivity index (χ4v) is 5.01. The molecule has 2 N–H and O–H groups in total. The molecule has 2 aliphatic rings. The Morgan fingerprint density at radius 2 is 1.93 bits per heavy atom. The first kappa shape index (κ1) is 20.8. The molecular formula is C21H33N5OS. The fraction of sp³-hybridized carbons (Fsp3) is 0.619. The highest BCUT2D eigenvalue weighted by atomic mass is 32.2. The number of amides is 1. The van der Waals surface area contributed by atoms with Crippen LogP contribution in [0.2, 0.25) is 0 Å². The molecule has 0 aliphatic carbocycles. The summed E-state index contributed by atoms with van der Waals surface area (Å²) < 4.78 is 0.297. The van der Waals surface area contributed by atoms with Crippen molar-refractivity contribution in [2.45, 2.75) is 30.9 Å². The number of guanidine groups is 1. The summed E-state index contributed by atoms with van der Waals surface area (Å²) in [6, 6.07) is 10.4. The minimum Gasteiger partial charge on any atom is -0.368 e. The van der Waals surface area contributed by atoms with Gasteiger partial charge in [0.15, 0.2) is 5.96 Å². The standard InChI is InChI=1S/C21H33N5OS/c1-21(10-6-16-28-21)17-24-20(22-2)23-11-9-19(27)26-14-12-25(13-15-26)18-7-4-3-5-8-18/h3-5,7-8H,6,9-17H2,1-2H3,(H2,22,23,24). The topological polar surface area (TPSA) is 60.0 Å². The predicted molar refractivity (Wildman–Crippen MR) is 119 cm³/mol. The van der Waals surface area contributed by atoms with Crippen molar-refractivity contribution in [3.8, 4) is 0 Å². The predicted octanol–water partition coefficient (Wildman–Crippen LogP) is 2.18. The van der Waals surface area contributed by atoms with Gasteiger partial charge >= 0.3 is 0 Å². The summed E-state index contributed by atoms with van der Waals surface area (Å²) in [5.41, 5.74) is 1.24. The van der Waals surface area contributed by atoms with Crippen LogP contribution >= 0.6 is 11.8 Å². The first-order valence-corrected chi connectivity index (χ1v) is 11.2. The molecule has 2 fully saturated rings. The Balaban J connectivity index is 1.35. The molecular weight excluding hydrogens is 370 g/mol. The Labute approximate surface area is 173 Å². The summed E-state index contributed by atoms with van der Waals surface area (Å²) in [6.07, 6.45) is 3.04. The number of nitrogens with one attached hydrogen (secondary N) is 2. The summed E-state index contributed by atoms with van der Waals surface area (Å²) in [5, 5.41) is 6.70. The summed E-state index contributed by atoms with van der Waals surface area (Å²) in [5.74, 6) is 2.25. The van der Waals surface area contributed by atoms with Gasteiger partial charge in [0.1, 0.15) is 0 Å². The lowest BCUT2D eigenvalue weighted by atomic mass is 10.1. The van der Waals surface area contributed by atoms with Crippen molar-refractivity contribution in [2.75, 3.05) is 57.0 Å². The van der Waals surface area contributed by atoms with E-state index in [1.807, 2.05) is 22.7 Å². The summed E-state index contributed by atoms with van der Waals surface area (Å²) in [6.45, 7) is 7.19. The van der Waals surface area contributed by atoms with E-state index in [4.69, 9.17) is 0 Å². The number of benzene rings is 1. The molecule has 2 heterocycles. The number of nitrogens with zero attached hydrogens (tertiary/aromatic N) is 3. The van der Waals surface area contributed by atoms with E-state index in [2.05, 4.69) is 51.7 Å². The molecule has 0 saturated carbocycles. The molecule has 7 heteroatoms. The molecule has 1 atom stereocenters. The maximum absolute atomic E-state index is 12.5. The molecule has 3 rings (SSSR count). The molecule has 1 amide bonds. The quantitative estimate of drug-likeness (QED) is 0.563. The van der Waals surface area contributed by atoms with Crippen molar-refractivity contribution in [1.82, 2.24) is 15.5 Å². The Bertz CT molecular complexity index is 652. The van der Waals surface area contributed by atoms with Gasteiger partial charge in [-0.1, -0.05) is 18.2 Å². The first-order valence-electron chi connectivity index (χ1n) is 10.3. The third kappa shape index (κ3) is 5.80. The van der Waals surface area contributed by atoms with E-state index in [1.54, 1.807) is 7.05 Å². The third-order valence-corrected chi connectivity index (χ3v) is 7.08. The summed E-state index contributed by atoms with van der Waals surface area (Å²) in [4.78, 5) is 21.1. The highest BCUT2D eigenvalue weighted by Gasteiger charge is 2.29. The highest BCUT2D eigenvalue weighted by Crippen LogP contribution is 2.36. The Morgan fingerprint density at radius 3 is 2.57 bits per heavy atom. The van der Waals surface area contributed by atoms with Gasteiger partial charge in [-0.3, -0.25) is 9.79 Å². The van der Waals surface area contributed by atoms with E-state index in [0.717, 1.165) is 38.7 Å². The molecule has 0 spiro atoms. The van der Waals surface area contributed by atoms with E-state index in [9.17, 15) is 4.79 Å². The largest absolute Gasteiger partial charge is 0.368 e. The maximum atomic E-state index is 12.5. The molecule has 0 radical (unpaired) electrons. The van der Waals surface area contributed by atoms with E-state index in [0.29, 0.717) is 17.7 Å².